The van der Waals surface area contributed by atoms with Gasteiger partial charge in [0.15, 0.2) is 0 Å². The zero-order chi connectivity index (χ0) is 8.43. The van der Waals surface area contributed by atoms with Crippen LogP contribution < -0.4 is 5.56 Å². The lowest BCUT2D eigenvalue weighted by Crippen LogP contribution is -2.08. The van der Waals surface area contributed by atoms with E-state index < -0.39 is 17.3 Å². The van der Waals surface area contributed by atoms with Crippen molar-refractivity contribution in [2.45, 2.75) is 6.54 Å². The van der Waals surface area contributed by atoms with Crippen molar-refractivity contribution in [3.63, 3.8) is 0 Å². The minimum atomic E-state index is -1.22. The third-order valence-corrected chi connectivity index (χ3v) is 1.21. The van der Waals surface area contributed by atoms with E-state index in [0.29, 0.717) is 0 Å². The Balaban J connectivity index is 3.08. The van der Waals surface area contributed by atoms with E-state index in [4.69, 9.17) is 10.2 Å². The highest BCUT2D eigenvalue weighted by molar-refractivity contribution is 5.08. The first-order valence-electron chi connectivity index (χ1n) is 2.95. The van der Waals surface area contributed by atoms with Crippen molar-refractivity contribution in [3.8, 4) is 5.88 Å². The van der Waals surface area contributed by atoms with E-state index in [2.05, 4.69) is 0 Å². The third kappa shape index (κ3) is 1.25. The number of aromatic hydroxyl groups is 1. The van der Waals surface area contributed by atoms with Crippen molar-refractivity contribution in [1.82, 2.24) is 9.78 Å². The largest absolute Gasteiger partial charge is 0.491 e. The van der Waals surface area contributed by atoms with Crippen LogP contribution in [0.15, 0.2) is 4.79 Å². The molecule has 5 nitrogen and oxygen atoms in total. The first-order valence-corrected chi connectivity index (χ1v) is 2.95. The number of nitrogens with one attached hydrogen (secondary N) is 1. The highest BCUT2D eigenvalue weighted by atomic mass is 19.1. The molecule has 1 rings (SSSR count). The maximum Gasteiger partial charge on any atom is 0.304 e. The van der Waals surface area contributed by atoms with Crippen LogP contribution in [0.4, 0.5) is 4.39 Å². The molecule has 6 heteroatoms. The zero-order valence-corrected chi connectivity index (χ0v) is 5.54. The number of aromatic nitrogens is 2. The first kappa shape index (κ1) is 7.80. The quantitative estimate of drug-likeness (QED) is 0.522. The Labute approximate surface area is 60.7 Å². The van der Waals surface area contributed by atoms with Gasteiger partial charge in [0, 0.05) is 0 Å². The zero-order valence-electron chi connectivity index (χ0n) is 5.54. The Hall–Kier alpha value is -1.30. The molecule has 0 atom stereocenters. The summed E-state index contributed by atoms with van der Waals surface area (Å²) >= 11 is 0. The van der Waals surface area contributed by atoms with Crippen molar-refractivity contribution in [3.05, 3.63) is 16.2 Å². The molecule has 0 spiro atoms. The number of H-pyrrole nitrogens is 1. The molecule has 0 fully saturated rings. The van der Waals surface area contributed by atoms with Crippen molar-refractivity contribution in [2.75, 3.05) is 6.61 Å². The molecule has 0 aliphatic rings. The molecule has 0 aliphatic heterocycles. The molecule has 3 N–H and O–H groups in total. The highest BCUT2D eigenvalue weighted by Gasteiger charge is 2.11. The Morgan fingerprint density at radius 3 is 2.64 bits per heavy atom. The van der Waals surface area contributed by atoms with Gasteiger partial charge in [0.2, 0.25) is 5.88 Å². The van der Waals surface area contributed by atoms with E-state index in [9.17, 15) is 9.18 Å². The van der Waals surface area contributed by atoms with Crippen LogP contribution in [0.5, 0.6) is 5.88 Å². The Morgan fingerprint density at radius 1 is 1.64 bits per heavy atom. The van der Waals surface area contributed by atoms with Gasteiger partial charge in [0.1, 0.15) is 0 Å². The monoisotopic (exact) mass is 162 g/mol. The van der Waals surface area contributed by atoms with E-state index in [1.807, 2.05) is 5.10 Å². The molecule has 0 amide bonds. The number of aliphatic hydroxyl groups is 1. The van der Waals surface area contributed by atoms with E-state index in [1.54, 1.807) is 0 Å². The molecular weight excluding hydrogens is 155 g/mol. The third-order valence-electron chi connectivity index (χ3n) is 1.21. The van der Waals surface area contributed by atoms with Crippen LogP contribution in [0.25, 0.3) is 0 Å². The molecule has 1 heterocycles. The normalized spacial score (nSPS) is 10.4. The number of hydrogen-bond donors (Lipinski definition) is 3. The molecular formula is C5H7FN2O3. The number of aromatic amines is 1. The Bertz CT molecular complexity index is 303. The molecule has 1 aromatic heterocycles. The standard InChI is InChI=1S/C5H7FN2O3/c6-3-4(10)7-8(1-2-9)5(3)11/h9,11H,1-2H2,(H,7,10). The van der Waals surface area contributed by atoms with Gasteiger partial charge in [-0.3, -0.25) is 9.89 Å². The van der Waals surface area contributed by atoms with Crippen LogP contribution in [0, 0.1) is 5.82 Å². The summed E-state index contributed by atoms with van der Waals surface area (Å²) in [4.78, 5) is 10.4. The predicted octanol–water partition coefficient (Wildman–Crippen LogP) is -0.987. The predicted molar refractivity (Wildman–Crippen MR) is 33.8 cm³/mol. The fraction of sp³-hybridized carbons (Fsp3) is 0.400. The molecule has 0 bridgehead atoms. The van der Waals surface area contributed by atoms with Crippen LogP contribution in [-0.4, -0.2) is 26.6 Å². The van der Waals surface area contributed by atoms with Gasteiger partial charge >= 0.3 is 5.56 Å². The highest BCUT2D eigenvalue weighted by Crippen LogP contribution is 2.08. The summed E-state index contributed by atoms with van der Waals surface area (Å²) in [6, 6.07) is 0. The van der Waals surface area contributed by atoms with Crippen molar-refractivity contribution < 1.29 is 14.6 Å². The molecule has 0 unspecified atom stereocenters. The summed E-state index contributed by atoms with van der Waals surface area (Å²) in [6.07, 6.45) is 0. The van der Waals surface area contributed by atoms with Crippen LogP contribution in [0.1, 0.15) is 0 Å². The van der Waals surface area contributed by atoms with Gasteiger partial charge in [0.05, 0.1) is 13.2 Å². The molecule has 62 valence electrons. The van der Waals surface area contributed by atoms with Gasteiger partial charge in [0.25, 0.3) is 5.82 Å². The van der Waals surface area contributed by atoms with Gasteiger partial charge in [-0.1, -0.05) is 0 Å². The molecule has 0 radical (unpaired) electrons. The van der Waals surface area contributed by atoms with E-state index in [1.165, 1.54) is 0 Å². The van der Waals surface area contributed by atoms with Gasteiger partial charge in [-0.05, 0) is 0 Å². The van der Waals surface area contributed by atoms with E-state index >= 15 is 0 Å². The number of halogens is 1. The lowest BCUT2D eigenvalue weighted by molar-refractivity contribution is 0.256. The SMILES string of the molecule is O=c1[nH]n(CCO)c(O)c1F. The van der Waals surface area contributed by atoms with E-state index in [-0.39, 0.29) is 13.2 Å². The smallest absolute Gasteiger partial charge is 0.304 e. The van der Waals surface area contributed by atoms with Gasteiger partial charge in [-0.2, -0.15) is 4.39 Å². The minimum absolute atomic E-state index is 0.0367. The van der Waals surface area contributed by atoms with Crippen LogP contribution >= 0.6 is 0 Å². The summed E-state index contributed by atoms with van der Waals surface area (Å²) < 4.78 is 13.2. The van der Waals surface area contributed by atoms with E-state index in [0.717, 1.165) is 4.68 Å². The number of nitrogens with zero attached hydrogens (tertiary/aromatic N) is 1. The molecule has 0 aromatic carbocycles. The maximum atomic E-state index is 12.4. The fourth-order valence-electron chi connectivity index (χ4n) is 0.706. The van der Waals surface area contributed by atoms with Crippen LogP contribution in [0.2, 0.25) is 0 Å². The van der Waals surface area contributed by atoms with Gasteiger partial charge in [-0.25, -0.2) is 4.68 Å². The molecule has 0 saturated heterocycles. The molecule has 0 aliphatic carbocycles. The summed E-state index contributed by atoms with van der Waals surface area (Å²) in [5.74, 6) is -2.00. The Kier molecular flexibility index (Phi) is 1.95. The van der Waals surface area contributed by atoms with Gasteiger partial charge < -0.3 is 10.2 Å². The topological polar surface area (TPSA) is 78.2 Å². The minimum Gasteiger partial charge on any atom is -0.491 e. The number of rotatable bonds is 2. The fourth-order valence-corrected chi connectivity index (χ4v) is 0.706. The molecule has 1 aromatic rings. The van der Waals surface area contributed by atoms with Gasteiger partial charge in [-0.15, -0.1) is 0 Å². The molecule has 0 saturated carbocycles. The van der Waals surface area contributed by atoms with Crippen molar-refractivity contribution in [2.24, 2.45) is 0 Å². The Morgan fingerprint density at radius 2 is 2.27 bits per heavy atom. The lowest BCUT2D eigenvalue weighted by Gasteiger charge is -1.98. The number of hydrogen-bond acceptors (Lipinski definition) is 3. The first-order chi connectivity index (χ1) is 5.16. The molecule has 11 heavy (non-hydrogen) atoms. The summed E-state index contributed by atoms with van der Waals surface area (Å²) in [7, 11) is 0. The van der Waals surface area contributed by atoms with Crippen molar-refractivity contribution in [1.29, 1.82) is 0 Å². The average Bonchev–Trinajstić information content (AvgIpc) is 2.19. The second-order valence-corrected chi connectivity index (χ2v) is 1.95. The summed E-state index contributed by atoms with van der Waals surface area (Å²) in [5, 5.41) is 19.2. The second-order valence-electron chi connectivity index (χ2n) is 1.95. The summed E-state index contributed by atoms with van der Waals surface area (Å²) in [6.45, 7) is -0.317. The average molecular weight is 162 g/mol. The van der Waals surface area contributed by atoms with Crippen molar-refractivity contribution >= 4 is 0 Å². The maximum absolute atomic E-state index is 12.4. The second kappa shape index (κ2) is 2.75. The summed E-state index contributed by atoms with van der Waals surface area (Å²) in [5.41, 5.74) is -0.990. The number of aliphatic hydroxyl groups excluding tert-OH is 1. The van der Waals surface area contributed by atoms with Crippen LogP contribution in [0.3, 0.4) is 0 Å². The van der Waals surface area contributed by atoms with Crippen LogP contribution in [-0.2, 0) is 6.54 Å². The lowest BCUT2D eigenvalue weighted by atomic mass is 10.6.